The quantitative estimate of drug-likeness (QED) is 0.872. The molecule has 2 N–H and O–H groups in total. The van der Waals surface area contributed by atoms with Crippen LogP contribution in [0.2, 0.25) is 5.02 Å². The van der Waals surface area contributed by atoms with Crippen molar-refractivity contribution in [2.75, 3.05) is 6.54 Å². The summed E-state index contributed by atoms with van der Waals surface area (Å²) in [6.45, 7) is 7.93. The van der Waals surface area contributed by atoms with Gasteiger partial charge in [-0.2, -0.15) is 0 Å². The number of aliphatic hydroxyl groups is 1. The molecule has 0 spiro atoms. The minimum Gasteiger partial charge on any atom is -0.388 e. The first kappa shape index (κ1) is 16.0. The molecule has 1 amide bonds. The van der Waals surface area contributed by atoms with Crippen LogP contribution in [-0.4, -0.2) is 23.2 Å². The average Bonchev–Trinajstić information content (AvgIpc) is 2.28. The maximum Gasteiger partial charge on any atom is 0.251 e. The molecule has 1 rings (SSSR count). The van der Waals surface area contributed by atoms with Crippen molar-refractivity contribution in [3.63, 3.8) is 0 Å². The summed E-state index contributed by atoms with van der Waals surface area (Å²) in [5.41, 5.74) is 0.555. The summed E-state index contributed by atoms with van der Waals surface area (Å²) in [6, 6.07) is 5.18. The predicted molar refractivity (Wildman–Crippen MR) is 78.6 cm³/mol. The number of amides is 1. The maximum absolute atomic E-state index is 12.0. The van der Waals surface area contributed by atoms with Crippen molar-refractivity contribution in [2.24, 2.45) is 5.92 Å². The molecule has 0 bridgehead atoms. The number of hydrogen-bond acceptors (Lipinski definition) is 2. The molecule has 0 saturated carbocycles. The number of nitrogens with one attached hydrogen (secondary N) is 1. The lowest BCUT2D eigenvalue weighted by molar-refractivity contribution is 0.0368. The SMILES string of the molecule is Cc1ccc(C(=O)NCC(C)(O)CC(C)C)cc1Cl. The monoisotopic (exact) mass is 283 g/mol. The molecular weight excluding hydrogens is 262 g/mol. The van der Waals surface area contributed by atoms with Crippen LogP contribution in [0.5, 0.6) is 0 Å². The van der Waals surface area contributed by atoms with Gasteiger partial charge < -0.3 is 10.4 Å². The van der Waals surface area contributed by atoms with E-state index in [-0.39, 0.29) is 12.5 Å². The lowest BCUT2D eigenvalue weighted by Crippen LogP contribution is -2.41. The molecule has 1 atom stereocenters. The van der Waals surface area contributed by atoms with E-state index in [1.165, 1.54) is 0 Å². The summed E-state index contributed by atoms with van der Waals surface area (Å²) in [6.07, 6.45) is 0.641. The molecule has 1 aromatic carbocycles. The summed E-state index contributed by atoms with van der Waals surface area (Å²) in [7, 11) is 0. The Bertz CT molecular complexity index is 455. The molecule has 4 heteroatoms. The van der Waals surface area contributed by atoms with E-state index in [0.29, 0.717) is 22.9 Å². The Balaban J connectivity index is 2.62. The van der Waals surface area contributed by atoms with Gasteiger partial charge in [-0.15, -0.1) is 0 Å². The van der Waals surface area contributed by atoms with E-state index in [1.807, 2.05) is 26.8 Å². The fraction of sp³-hybridized carbons (Fsp3) is 0.533. The van der Waals surface area contributed by atoms with Crippen LogP contribution in [0, 0.1) is 12.8 Å². The van der Waals surface area contributed by atoms with Crippen LogP contribution >= 0.6 is 11.6 Å². The number of carbonyl (C=O) groups excluding carboxylic acids is 1. The maximum atomic E-state index is 12.0. The van der Waals surface area contributed by atoms with Crippen LogP contribution < -0.4 is 5.32 Å². The predicted octanol–water partition coefficient (Wildman–Crippen LogP) is 3.18. The van der Waals surface area contributed by atoms with E-state index in [1.54, 1.807) is 19.1 Å². The van der Waals surface area contributed by atoms with Gasteiger partial charge in [-0.3, -0.25) is 4.79 Å². The van der Waals surface area contributed by atoms with Gasteiger partial charge >= 0.3 is 0 Å². The number of hydrogen-bond donors (Lipinski definition) is 2. The Labute approximate surface area is 120 Å². The molecule has 3 nitrogen and oxygen atoms in total. The van der Waals surface area contributed by atoms with Crippen molar-refractivity contribution in [1.29, 1.82) is 0 Å². The smallest absolute Gasteiger partial charge is 0.251 e. The molecule has 0 saturated heterocycles. The van der Waals surface area contributed by atoms with Crippen molar-refractivity contribution >= 4 is 17.5 Å². The zero-order valence-corrected chi connectivity index (χ0v) is 12.7. The minimum atomic E-state index is -0.891. The average molecular weight is 284 g/mol. The molecule has 0 aliphatic carbocycles. The van der Waals surface area contributed by atoms with E-state index >= 15 is 0 Å². The van der Waals surface area contributed by atoms with Crippen LogP contribution in [0.3, 0.4) is 0 Å². The Morgan fingerprint density at radius 3 is 2.63 bits per heavy atom. The topological polar surface area (TPSA) is 49.3 Å². The van der Waals surface area contributed by atoms with Crippen LogP contribution in [0.1, 0.15) is 43.1 Å². The zero-order valence-electron chi connectivity index (χ0n) is 12.0. The van der Waals surface area contributed by atoms with Crippen LogP contribution in [0.15, 0.2) is 18.2 Å². The van der Waals surface area contributed by atoms with Crippen molar-refractivity contribution in [3.8, 4) is 0 Å². The first-order valence-electron chi connectivity index (χ1n) is 6.48. The summed E-state index contributed by atoms with van der Waals surface area (Å²) < 4.78 is 0. The van der Waals surface area contributed by atoms with Gasteiger partial charge in [0.15, 0.2) is 0 Å². The van der Waals surface area contributed by atoms with E-state index in [0.717, 1.165) is 5.56 Å². The lowest BCUT2D eigenvalue weighted by atomic mass is 9.94. The van der Waals surface area contributed by atoms with Crippen LogP contribution in [0.25, 0.3) is 0 Å². The highest BCUT2D eigenvalue weighted by molar-refractivity contribution is 6.31. The molecule has 0 aromatic heterocycles. The third-order valence-corrected chi connectivity index (χ3v) is 3.32. The van der Waals surface area contributed by atoms with Gasteiger partial charge in [0.05, 0.1) is 5.60 Å². The second-order valence-electron chi connectivity index (χ2n) is 5.74. The second kappa shape index (κ2) is 6.40. The molecule has 0 fully saturated rings. The number of benzene rings is 1. The van der Waals surface area contributed by atoms with Gasteiger partial charge in [0.1, 0.15) is 0 Å². The molecule has 19 heavy (non-hydrogen) atoms. The van der Waals surface area contributed by atoms with E-state index < -0.39 is 5.60 Å². The molecule has 0 heterocycles. The summed E-state index contributed by atoms with van der Waals surface area (Å²) in [5, 5.41) is 13.5. The normalized spacial score (nSPS) is 14.3. The first-order chi connectivity index (χ1) is 8.71. The van der Waals surface area contributed by atoms with Gasteiger partial charge in [0.2, 0.25) is 0 Å². The van der Waals surface area contributed by atoms with Gasteiger partial charge in [0.25, 0.3) is 5.91 Å². The highest BCUT2D eigenvalue weighted by Gasteiger charge is 2.22. The molecule has 106 valence electrons. The number of rotatable bonds is 5. The number of aryl methyl sites for hydroxylation is 1. The molecule has 0 radical (unpaired) electrons. The van der Waals surface area contributed by atoms with E-state index in [2.05, 4.69) is 5.32 Å². The second-order valence-corrected chi connectivity index (χ2v) is 6.15. The number of halogens is 1. The molecular formula is C15H22ClNO2. The third-order valence-electron chi connectivity index (χ3n) is 2.91. The van der Waals surface area contributed by atoms with Crippen molar-refractivity contribution in [2.45, 2.75) is 39.7 Å². The van der Waals surface area contributed by atoms with Crippen molar-refractivity contribution in [3.05, 3.63) is 34.3 Å². The highest BCUT2D eigenvalue weighted by Crippen LogP contribution is 2.18. The zero-order chi connectivity index (χ0) is 14.6. The van der Waals surface area contributed by atoms with Crippen molar-refractivity contribution < 1.29 is 9.90 Å². The van der Waals surface area contributed by atoms with Crippen molar-refractivity contribution in [1.82, 2.24) is 5.32 Å². The summed E-state index contributed by atoms with van der Waals surface area (Å²) in [4.78, 5) is 12.0. The number of carbonyl (C=O) groups is 1. The summed E-state index contributed by atoms with van der Waals surface area (Å²) >= 11 is 5.99. The lowest BCUT2D eigenvalue weighted by Gasteiger charge is -2.25. The Kier molecular flexibility index (Phi) is 5.39. The Hall–Kier alpha value is -1.06. The highest BCUT2D eigenvalue weighted by atomic mass is 35.5. The van der Waals surface area contributed by atoms with Gasteiger partial charge in [-0.25, -0.2) is 0 Å². The van der Waals surface area contributed by atoms with Crippen LogP contribution in [-0.2, 0) is 0 Å². The first-order valence-corrected chi connectivity index (χ1v) is 6.86. The third kappa shape index (κ3) is 5.21. The Morgan fingerprint density at radius 2 is 2.11 bits per heavy atom. The van der Waals surface area contributed by atoms with E-state index in [4.69, 9.17) is 11.6 Å². The standard InChI is InChI=1S/C15H22ClNO2/c1-10(2)8-15(4,19)9-17-14(18)12-6-5-11(3)13(16)7-12/h5-7,10,19H,8-9H2,1-4H3,(H,17,18). The molecule has 1 aromatic rings. The largest absolute Gasteiger partial charge is 0.388 e. The minimum absolute atomic E-state index is 0.217. The van der Waals surface area contributed by atoms with E-state index in [9.17, 15) is 9.90 Å². The molecule has 1 unspecified atom stereocenters. The summed E-state index contributed by atoms with van der Waals surface area (Å²) in [5.74, 6) is 0.159. The van der Waals surface area contributed by atoms with Crippen LogP contribution in [0.4, 0.5) is 0 Å². The van der Waals surface area contributed by atoms with Gasteiger partial charge in [-0.05, 0) is 43.9 Å². The fourth-order valence-corrected chi connectivity index (χ4v) is 2.24. The van der Waals surface area contributed by atoms with Gasteiger partial charge in [-0.1, -0.05) is 31.5 Å². The molecule has 0 aliphatic heterocycles. The molecule has 0 aliphatic rings. The fourth-order valence-electron chi connectivity index (χ4n) is 2.06. The Morgan fingerprint density at radius 1 is 1.47 bits per heavy atom. The van der Waals surface area contributed by atoms with Gasteiger partial charge in [0, 0.05) is 17.1 Å².